The number of rotatable bonds is 11. The zero-order chi connectivity index (χ0) is 17.2. The van der Waals surface area contributed by atoms with Crippen LogP contribution in [0.5, 0.6) is 0 Å². The van der Waals surface area contributed by atoms with Crippen LogP contribution < -0.4 is 0 Å². The van der Waals surface area contributed by atoms with Gasteiger partial charge < -0.3 is 9.64 Å². The molecule has 0 radical (unpaired) electrons. The Labute approximate surface area is 145 Å². The van der Waals surface area contributed by atoms with Crippen molar-refractivity contribution in [2.45, 2.75) is 91.9 Å². The van der Waals surface area contributed by atoms with Gasteiger partial charge >= 0.3 is 0 Å². The van der Waals surface area contributed by atoms with Crippen molar-refractivity contribution in [2.24, 2.45) is 5.92 Å². The average Bonchev–Trinajstić information content (AvgIpc) is 2.51. The quantitative estimate of drug-likeness (QED) is 0.559. The van der Waals surface area contributed by atoms with Crippen LogP contribution in [0.1, 0.15) is 73.6 Å². The SMILES string of the molecule is CCC(CCC(C)CCCN1CCN(C(C)C)CC1)OC(C)C. The van der Waals surface area contributed by atoms with Gasteiger partial charge in [0.2, 0.25) is 0 Å². The largest absolute Gasteiger partial charge is 0.376 e. The second-order valence-corrected chi connectivity index (χ2v) is 8.01. The van der Waals surface area contributed by atoms with Crippen molar-refractivity contribution < 1.29 is 4.74 Å². The summed E-state index contributed by atoms with van der Waals surface area (Å²) in [6.07, 6.45) is 7.22. The molecule has 0 bridgehead atoms. The Morgan fingerprint density at radius 1 is 0.870 bits per heavy atom. The van der Waals surface area contributed by atoms with E-state index in [9.17, 15) is 0 Å². The molecule has 1 rings (SSSR count). The van der Waals surface area contributed by atoms with Gasteiger partial charge in [0, 0.05) is 32.2 Å². The van der Waals surface area contributed by atoms with E-state index in [1.54, 1.807) is 0 Å². The minimum Gasteiger partial charge on any atom is -0.376 e. The van der Waals surface area contributed by atoms with Crippen LogP contribution in [0.15, 0.2) is 0 Å². The molecule has 0 spiro atoms. The highest BCUT2D eigenvalue weighted by molar-refractivity contribution is 4.74. The van der Waals surface area contributed by atoms with E-state index in [4.69, 9.17) is 4.74 Å². The first-order valence-corrected chi connectivity index (χ1v) is 10.0. The summed E-state index contributed by atoms with van der Waals surface area (Å²) < 4.78 is 5.97. The first-order chi connectivity index (χ1) is 10.9. The number of ether oxygens (including phenoxy) is 1. The third kappa shape index (κ3) is 9.07. The number of nitrogens with zero attached hydrogens (tertiary/aromatic N) is 2. The molecule has 0 amide bonds. The molecule has 1 aliphatic rings. The Balaban J connectivity index is 2.09. The standard InChI is InChI=1S/C20H42N2O/c1-7-20(23-18(4)5)11-10-19(6)9-8-12-21-13-15-22(16-14-21)17(2)3/h17-20H,7-16H2,1-6H3. The maximum absolute atomic E-state index is 5.97. The Hall–Kier alpha value is -0.120. The van der Waals surface area contributed by atoms with Gasteiger partial charge in [-0.3, -0.25) is 4.90 Å². The van der Waals surface area contributed by atoms with Crippen LogP contribution in [-0.2, 0) is 4.74 Å². The van der Waals surface area contributed by atoms with Gasteiger partial charge in [0.15, 0.2) is 0 Å². The predicted molar refractivity (Wildman–Crippen MR) is 101 cm³/mol. The number of piperazine rings is 1. The Morgan fingerprint density at radius 3 is 2.04 bits per heavy atom. The van der Waals surface area contributed by atoms with Crippen molar-refractivity contribution >= 4 is 0 Å². The molecular formula is C20H42N2O. The van der Waals surface area contributed by atoms with Crippen molar-refractivity contribution in [1.82, 2.24) is 9.80 Å². The lowest BCUT2D eigenvalue weighted by molar-refractivity contribution is -0.00182. The second kappa shape index (κ2) is 11.4. The molecule has 0 aromatic heterocycles. The number of hydrogen-bond acceptors (Lipinski definition) is 3. The van der Waals surface area contributed by atoms with E-state index in [1.807, 2.05) is 0 Å². The van der Waals surface area contributed by atoms with Gasteiger partial charge in [-0.1, -0.05) is 13.8 Å². The predicted octanol–water partition coefficient (Wildman–Crippen LogP) is 4.41. The third-order valence-corrected chi connectivity index (χ3v) is 5.21. The van der Waals surface area contributed by atoms with Gasteiger partial charge in [0.1, 0.15) is 0 Å². The molecule has 3 nitrogen and oxygen atoms in total. The summed E-state index contributed by atoms with van der Waals surface area (Å²) in [6, 6.07) is 0.705. The van der Waals surface area contributed by atoms with E-state index < -0.39 is 0 Å². The van der Waals surface area contributed by atoms with Crippen molar-refractivity contribution in [3.8, 4) is 0 Å². The summed E-state index contributed by atoms with van der Waals surface area (Å²) >= 11 is 0. The fourth-order valence-electron chi connectivity index (χ4n) is 3.53. The lowest BCUT2D eigenvalue weighted by Gasteiger charge is -2.37. The Kier molecular flexibility index (Phi) is 10.4. The van der Waals surface area contributed by atoms with Crippen molar-refractivity contribution in [1.29, 1.82) is 0 Å². The molecule has 138 valence electrons. The smallest absolute Gasteiger partial charge is 0.0576 e. The molecule has 0 aromatic carbocycles. The van der Waals surface area contributed by atoms with Crippen LogP contribution in [0.2, 0.25) is 0 Å². The van der Waals surface area contributed by atoms with Gasteiger partial charge in [0.25, 0.3) is 0 Å². The van der Waals surface area contributed by atoms with Crippen LogP contribution in [-0.4, -0.2) is 60.8 Å². The van der Waals surface area contributed by atoms with E-state index >= 15 is 0 Å². The topological polar surface area (TPSA) is 15.7 Å². The molecule has 23 heavy (non-hydrogen) atoms. The minimum absolute atomic E-state index is 0.361. The average molecular weight is 327 g/mol. The van der Waals surface area contributed by atoms with Gasteiger partial charge in [-0.25, -0.2) is 0 Å². The van der Waals surface area contributed by atoms with Gasteiger partial charge in [-0.2, -0.15) is 0 Å². The summed E-state index contributed by atoms with van der Waals surface area (Å²) in [5, 5.41) is 0. The van der Waals surface area contributed by atoms with E-state index in [0.29, 0.717) is 18.2 Å². The van der Waals surface area contributed by atoms with E-state index in [2.05, 4.69) is 51.3 Å². The van der Waals surface area contributed by atoms with Crippen LogP contribution in [0.3, 0.4) is 0 Å². The van der Waals surface area contributed by atoms with Crippen LogP contribution in [0, 0.1) is 5.92 Å². The summed E-state index contributed by atoms with van der Waals surface area (Å²) in [6.45, 7) is 19.9. The van der Waals surface area contributed by atoms with Crippen LogP contribution >= 0.6 is 0 Å². The fraction of sp³-hybridized carbons (Fsp3) is 1.00. The highest BCUT2D eigenvalue weighted by Crippen LogP contribution is 2.18. The summed E-state index contributed by atoms with van der Waals surface area (Å²) in [7, 11) is 0. The normalized spacial score (nSPS) is 20.3. The summed E-state index contributed by atoms with van der Waals surface area (Å²) in [4.78, 5) is 5.25. The summed E-state index contributed by atoms with van der Waals surface area (Å²) in [5.74, 6) is 0.830. The highest BCUT2D eigenvalue weighted by Gasteiger charge is 2.18. The maximum Gasteiger partial charge on any atom is 0.0576 e. The molecule has 1 fully saturated rings. The van der Waals surface area contributed by atoms with Crippen LogP contribution in [0.25, 0.3) is 0 Å². The molecule has 0 aromatic rings. The lowest BCUT2D eigenvalue weighted by Crippen LogP contribution is -2.48. The zero-order valence-corrected chi connectivity index (χ0v) is 16.7. The van der Waals surface area contributed by atoms with Gasteiger partial charge in [-0.05, 0) is 72.3 Å². The zero-order valence-electron chi connectivity index (χ0n) is 16.7. The molecular weight excluding hydrogens is 284 g/mol. The van der Waals surface area contributed by atoms with E-state index in [0.717, 1.165) is 12.3 Å². The van der Waals surface area contributed by atoms with Crippen molar-refractivity contribution in [3.05, 3.63) is 0 Å². The fourth-order valence-corrected chi connectivity index (χ4v) is 3.53. The molecule has 2 atom stereocenters. The van der Waals surface area contributed by atoms with Crippen molar-refractivity contribution in [2.75, 3.05) is 32.7 Å². The van der Waals surface area contributed by atoms with Gasteiger partial charge in [0.05, 0.1) is 12.2 Å². The monoisotopic (exact) mass is 326 g/mol. The molecule has 0 saturated carbocycles. The lowest BCUT2D eigenvalue weighted by atomic mass is 9.97. The Bertz CT molecular complexity index is 285. The van der Waals surface area contributed by atoms with Gasteiger partial charge in [-0.15, -0.1) is 0 Å². The first-order valence-electron chi connectivity index (χ1n) is 10.0. The minimum atomic E-state index is 0.361. The third-order valence-electron chi connectivity index (χ3n) is 5.21. The first kappa shape index (κ1) is 20.9. The van der Waals surface area contributed by atoms with E-state index in [-0.39, 0.29) is 0 Å². The summed E-state index contributed by atoms with van der Waals surface area (Å²) in [5.41, 5.74) is 0. The molecule has 0 N–H and O–H groups in total. The molecule has 1 aliphatic heterocycles. The Morgan fingerprint density at radius 2 is 1.52 bits per heavy atom. The maximum atomic E-state index is 5.97. The highest BCUT2D eigenvalue weighted by atomic mass is 16.5. The molecule has 3 heteroatoms. The van der Waals surface area contributed by atoms with E-state index in [1.165, 1.54) is 58.4 Å². The molecule has 1 heterocycles. The van der Waals surface area contributed by atoms with Crippen LogP contribution in [0.4, 0.5) is 0 Å². The molecule has 0 aliphatic carbocycles. The van der Waals surface area contributed by atoms with Crippen molar-refractivity contribution in [3.63, 3.8) is 0 Å². The second-order valence-electron chi connectivity index (χ2n) is 8.01. The number of hydrogen-bond donors (Lipinski definition) is 0. The molecule has 1 saturated heterocycles. The molecule has 2 unspecified atom stereocenters.